The molecule has 4 rings (SSSR count). The van der Waals surface area contributed by atoms with Crippen LogP contribution >= 0.6 is 0 Å². The molecule has 5 heteroatoms. The fourth-order valence-corrected chi connectivity index (χ4v) is 4.72. The maximum Gasteiger partial charge on any atom is 0.131 e. The van der Waals surface area contributed by atoms with Crippen molar-refractivity contribution in [3.63, 3.8) is 0 Å². The summed E-state index contributed by atoms with van der Waals surface area (Å²) in [5.41, 5.74) is 12.6. The minimum atomic E-state index is 0.103. The molecule has 0 unspecified atom stereocenters. The summed E-state index contributed by atoms with van der Waals surface area (Å²) in [5.74, 6) is 0.663. The topological polar surface area (TPSA) is 64.3 Å². The number of aromatic nitrogens is 2. The largest absolute Gasteiger partial charge is 0.383 e. The lowest BCUT2D eigenvalue weighted by atomic mass is 9.68. The number of likely N-dealkylation sites (N-methyl/N-ethyl adjacent to an activating group) is 1. The van der Waals surface area contributed by atoms with Crippen LogP contribution in [0, 0.1) is 0 Å². The Morgan fingerprint density at radius 3 is 2.80 bits per heavy atom. The van der Waals surface area contributed by atoms with Crippen molar-refractivity contribution in [1.82, 2.24) is 9.97 Å². The third kappa shape index (κ3) is 2.58. The highest BCUT2D eigenvalue weighted by Crippen LogP contribution is 2.53. The fraction of sp³-hybridized carbons (Fsp3) is 0.500. The summed E-state index contributed by atoms with van der Waals surface area (Å²) in [5, 5.41) is 0. The summed E-state index contributed by atoms with van der Waals surface area (Å²) >= 11 is 0. The number of methoxy groups -OCH3 is 1. The van der Waals surface area contributed by atoms with E-state index in [1.165, 1.54) is 48.1 Å². The Balaban J connectivity index is 1.88. The van der Waals surface area contributed by atoms with Gasteiger partial charge in [0.1, 0.15) is 12.1 Å². The summed E-state index contributed by atoms with van der Waals surface area (Å²) in [7, 11) is 3.89. The van der Waals surface area contributed by atoms with Gasteiger partial charge in [-0.3, -0.25) is 0 Å². The first-order chi connectivity index (χ1) is 12.2. The summed E-state index contributed by atoms with van der Waals surface area (Å²) in [6, 6.07) is 6.51. The van der Waals surface area contributed by atoms with Gasteiger partial charge in [0, 0.05) is 42.9 Å². The molecule has 0 bridgehead atoms. The molecule has 0 aliphatic heterocycles. The average molecular weight is 338 g/mol. The van der Waals surface area contributed by atoms with Crippen LogP contribution in [0.4, 0.5) is 11.5 Å². The number of nitrogens with two attached hydrogens (primary N) is 1. The number of benzene rings is 1. The Morgan fingerprint density at radius 2 is 2.04 bits per heavy atom. The van der Waals surface area contributed by atoms with Crippen LogP contribution in [0.3, 0.4) is 0 Å². The minimum Gasteiger partial charge on any atom is -0.383 e. The van der Waals surface area contributed by atoms with Gasteiger partial charge in [-0.1, -0.05) is 25.0 Å². The number of nitrogens with zero attached hydrogens (tertiary/aromatic N) is 3. The second-order valence-electron chi connectivity index (χ2n) is 7.36. The summed E-state index contributed by atoms with van der Waals surface area (Å²) < 4.78 is 5.26. The molecule has 0 radical (unpaired) electrons. The van der Waals surface area contributed by atoms with Gasteiger partial charge in [-0.15, -0.1) is 0 Å². The number of anilines is 2. The van der Waals surface area contributed by atoms with Crippen LogP contribution in [0.25, 0.3) is 11.3 Å². The quantitative estimate of drug-likeness (QED) is 0.927. The molecule has 1 fully saturated rings. The van der Waals surface area contributed by atoms with Crippen molar-refractivity contribution in [2.75, 3.05) is 37.9 Å². The van der Waals surface area contributed by atoms with Crippen molar-refractivity contribution >= 4 is 11.5 Å². The van der Waals surface area contributed by atoms with Crippen molar-refractivity contribution in [3.05, 3.63) is 35.7 Å². The van der Waals surface area contributed by atoms with E-state index < -0.39 is 0 Å². The molecule has 1 aromatic heterocycles. The smallest absolute Gasteiger partial charge is 0.131 e. The molecule has 2 aliphatic carbocycles. The van der Waals surface area contributed by atoms with Gasteiger partial charge in [-0.05, 0) is 30.9 Å². The molecule has 0 atom stereocenters. The minimum absolute atomic E-state index is 0.103. The molecule has 0 amide bonds. The third-order valence-electron chi connectivity index (χ3n) is 5.93. The summed E-state index contributed by atoms with van der Waals surface area (Å²) in [6.07, 6.45) is 7.49. The van der Waals surface area contributed by atoms with Crippen molar-refractivity contribution < 1.29 is 4.74 Å². The van der Waals surface area contributed by atoms with Gasteiger partial charge in [0.05, 0.1) is 12.3 Å². The zero-order valence-electron chi connectivity index (χ0n) is 15.1. The number of hydrogen-bond donors (Lipinski definition) is 1. The number of rotatable bonds is 4. The molecule has 1 aromatic carbocycles. The molecule has 1 heterocycles. The maximum atomic E-state index is 6.34. The molecule has 132 valence electrons. The lowest BCUT2D eigenvalue weighted by molar-refractivity contribution is 0.206. The van der Waals surface area contributed by atoms with Crippen LogP contribution in [0.1, 0.15) is 36.8 Å². The molecular formula is C20H26N4O. The van der Waals surface area contributed by atoms with Gasteiger partial charge in [0.2, 0.25) is 0 Å². The second-order valence-corrected chi connectivity index (χ2v) is 7.36. The van der Waals surface area contributed by atoms with Gasteiger partial charge in [0.25, 0.3) is 0 Å². The Labute approximate surface area is 149 Å². The third-order valence-corrected chi connectivity index (χ3v) is 5.93. The first-order valence-electron chi connectivity index (χ1n) is 9.09. The molecule has 2 N–H and O–H groups in total. The van der Waals surface area contributed by atoms with Crippen molar-refractivity contribution in [2.45, 2.75) is 37.5 Å². The lowest BCUT2D eigenvalue weighted by Crippen LogP contribution is -2.33. The molecule has 2 aliphatic rings. The van der Waals surface area contributed by atoms with E-state index in [0.29, 0.717) is 5.82 Å². The first kappa shape index (κ1) is 16.3. The number of fused-ring (bicyclic) bond motifs is 4. The highest BCUT2D eigenvalue weighted by molar-refractivity contribution is 5.80. The normalized spacial score (nSPS) is 17.4. The Kier molecular flexibility index (Phi) is 4.12. The monoisotopic (exact) mass is 338 g/mol. The SMILES string of the molecule is COCCN(C)c1cccc2c1CC1(CCCC1)c1c(N)ncnc1-2. The molecule has 1 spiro atoms. The first-order valence-corrected chi connectivity index (χ1v) is 9.09. The van der Waals surface area contributed by atoms with E-state index in [9.17, 15) is 0 Å². The zero-order chi connectivity index (χ0) is 17.4. The predicted molar refractivity (Wildman–Crippen MR) is 101 cm³/mol. The molecule has 2 aromatic rings. The summed E-state index contributed by atoms with van der Waals surface area (Å²) in [4.78, 5) is 11.3. The van der Waals surface area contributed by atoms with E-state index in [4.69, 9.17) is 10.5 Å². The lowest BCUT2D eigenvalue weighted by Gasteiger charge is -2.38. The van der Waals surface area contributed by atoms with Crippen molar-refractivity contribution in [2.24, 2.45) is 0 Å². The maximum absolute atomic E-state index is 6.34. The van der Waals surface area contributed by atoms with E-state index >= 15 is 0 Å². The molecule has 0 saturated heterocycles. The van der Waals surface area contributed by atoms with E-state index in [2.05, 4.69) is 40.1 Å². The van der Waals surface area contributed by atoms with Gasteiger partial charge in [-0.2, -0.15) is 0 Å². The van der Waals surface area contributed by atoms with Crippen molar-refractivity contribution in [3.8, 4) is 11.3 Å². The molecular weight excluding hydrogens is 312 g/mol. The van der Waals surface area contributed by atoms with Gasteiger partial charge < -0.3 is 15.4 Å². The van der Waals surface area contributed by atoms with Crippen LogP contribution in [-0.2, 0) is 16.6 Å². The highest BCUT2D eigenvalue weighted by Gasteiger charge is 2.44. The number of ether oxygens (including phenoxy) is 1. The highest BCUT2D eigenvalue weighted by atomic mass is 16.5. The summed E-state index contributed by atoms with van der Waals surface area (Å²) in [6.45, 7) is 1.59. The Hall–Kier alpha value is -2.14. The number of hydrogen-bond acceptors (Lipinski definition) is 5. The van der Waals surface area contributed by atoms with E-state index in [1.54, 1.807) is 13.4 Å². The van der Waals surface area contributed by atoms with Gasteiger partial charge >= 0.3 is 0 Å². The number of nitrogen functional groups attached to an aromatic ring is 1. The van der Waals surface area contributed by atoms with Crippen LogP contribution < -0.4 is 10.6 Å². The molecule has 25 heavy (non-hydrogen) atoms. The van der Waals surface area contributed by atoms with Gasteiger partial charge in [0.15, 0.2) is 0 Å². The van der Waals surface area contributed by atoms with Crippen LogP contribution in [0.2, 0.25) is 0 Å². The standard InChI is InChI=1S/C20H26N4O/c1-24(10-11-25-2)16-7-5-6-14-15(16)12-20(8-3-4-9-20)17-18(14)22-13-23-19(17)21/h5-7,13H,3-4,8-12H2,1-2H3,(H2,21,22,23). The fourth-order valence-electron chi connectivity index (χ4n) is 4.72. The van der Waals surface area contributed by atoms with Crippen LogP contribution in [-0.4, -0.2) is 37.3 Å². The van der Waals surface area contributed by atoms with E-state index in [1.807, 2.05) is 0 Å². The van der Waals surface area contributed by atoms with Gasteiger partial charge in [-0.25, -0.2) is 9.97 Å². The predicted octanol–water partition coefficient (Wildman–Crippen LogP) is 3.18. The van der Waals surface area contributed by atoms with Crippen LogP contribution in [0.5, 0.6) is 0 Å². The second kappa shape index (κ2) is 6.30. The van der Waals surface area contributed by atoms with E-state index in [0.717, 1.165) is 25.3 Å². The Bertz CT molecular complexity index is 783. The van der Waals surface area contributed by atoms with Crippen molar-refractivity contribution in [1.29, 1.82) is 0 Å². The van der Waals surface area contributed by atoms with E-state index in [-0.39, 0.29) is 5.41 Å². The zero-order valence-corrected chi connectivity index (χ0v) is 15.1. The average Bonchev–Trinajstić information content (AvgIpc) is 3.08. The molecule has 5 nitrogen and oxygen atoms in total. The molecule has 1 saturated carbocycles. The van der Waals surface area contributed by atoms with Crippen LogP contribution in [0.15, 0.2) is 24.5 Å². The Morgan fingerprint density at radius 1 is 1.24 bits per heavy atom.